The van der Waals surface area contributed by atoms with Gasteiger partial charge in [0.1, 0.15) is 0 Å². The van der Waals surface area contributed by atoms with E-state index in [0.29, 0.717) is 6.10 Å². The van der Waals surface area contributed by atoms with Crippen LogP contribution in [0.1, 0.15) is 58.4 Å². The third kappa shape index (κ3) is 6.33. The van der Waals surface area contributed by atoms with Crippen LogP contribution in [-0.2, 0) is 16.1 Å². The molecule has 1 aromatic carbocycles. The molecular weight excluding hydrogens is 272 g/mol. The minimum Gasteiger partial charge on any atom is -0.377 e. The molecular formula is C20H30O2. The van der Waals surface area contributed by atoms with Gasteiger partial charge in [0.25, 0.3) is 0 Å². The number of epoxide rings is 1. The molecule has 22 heavy (non-hydrogen) atoms. The van der Waals surface area contributed by atoms with Gasteiger partial charge in [-0.05, 0) is 58.4 Å². The summed E-state index contributed by atoms with van der Waals surface area (Å²) >= 11 is 0. The van der Waals surface area contributed by atoms with Crippen LogP contribution in [0.4, 0.5) is 0 Å². The third-order valence-electron chi connectivity index (χ3n) is 4.31. The van der Waals surface area contributed by atoms with E-state index in [2.05, 4.69) is 51.1 Å². The number of rotatable bonds is 10. The summed E-state index contributed by atoms with van der Waals surface area (Å²) in [6.45, 7) is 8.17. The molecule has 1 aliphatic rings. The van der Waals surface area contributed by atoms with Crippen LogP contribution in [0.25, 0.3) is 0 Å². The molecule has 0 spiro atoms. The van der Waals surface area contributed by atoms with Crippen LogP contribution >= 0.6 is 0 Å². The Morgan fingerprint density at radius 1 is 1.23 bits per heavy atom. The molecule has 0 aromatic heterocycles. The average molecular weight is 302 g/mol. The summed E-state index contributed by atoms with van der Waals surface area (Å²) in [4.78, 5) is 0. The van der Waals surface area contributed by atoms with Gasteiger partial charge >= 0.3 is 0 Å². The molecule has 1 aromatic rings. The van der Waals surface area contributed by atoms with Gasteiger partial charge < -0.3 is 9.47 Å². The molecule has 0 amide bonds. The maximum atomic E-state index is 5.70. The minimum absolute atomic E-state index is 0.135. The Morgan fingerprint density at radius 3 is 2.64 bits per heavy atom. The van der Waals surface area contributed by atoms with Gasteiger partial charge in [0.05, 0.1) is 18.3 Å². The Labute approximate surface area is 135 Å². The predicted molar refractivity (Wildman–Crippen MR) is 91.9 cm³/mol. The smallest absolute Gasteiger partial charge is 0.0892 e. The monoisotopic (exact) mass is 302 g/mol. The van der Waals surface area contributed by atoms with E-state index in [0.717, 1.165) is 32.5 Å². The van der Waals surface area contributed by atoms with Gasteiger partial charge in [0, 0.05) is 6.61 Å². The quantitative estimate of drug-likeness (QED) is 0.333. The van der Waals surface area contributed by atoms with Crippen molar-refractivity contribution < 1.29 is 9.47 Å². The fourth-order valence-corrected chi connectivity index (χ4v) is 2.66. The van der Waals surface area contributed by atoms with E-state index in [1.54, 1.807) is 0 Å². The van der Waals surface area contributed by atoms with E-state index < -0.39 is 0 Å². The maximum absolute atomic E-state index is 5.70. The Morgan fingerprint density at radius 2 is 1.95 bits per heavy atom. The molecule has 2 rings (SSSR count). The summed E-state index contributed by atoms with van der Waals surface area (Å²) in [5.74, 6) is 0. The molecule has 0 bridgehead atoms. The number of ether oxygens (including phenoxy) is 2. The van der Waals surface area contributed by atoms with Crippen molar-refractivity contribution in [1.29, 1.82) is 0 Å². The highest BCUT2D eigenvalue weighted by molar-refractivity contribution is 5.13. The van der Waals surface area contributed by atoms with Crippen molar-refractivity contribution in [3.8, 4) is 0 Å². The van der Waals surface area contributed by atoms with Crippen molar-refractivity contribution in [2.75, 3.05) is 6.61 Å². The number of allylic oxidation sites excluding steroid dienone is 2. The lowest BCUT2D eigenvalue weighted by Gasteiger charge is -2.04. The predicted octanol–water partition coefficient (Wildman–Crippen LogP) is 5.28. The van der Waals surface area contributed by atoms with Crippen LogP contribution in [-0.4, -0.2) is 18.3 Å². The highest BCUT2D eigenvalue weighted by Crippen LogP contribution is 2.38. The van der Waals surface area contributed by atoms with Crippen molar-refractivity contribution >= 4 is 0 Å². The lowest BCUT2D eigenvalue weighted by atomic mass is 10.0. The minimum atomic E-state index is 0.135. The fourth-order valence-electron chi connectivity index (χ4n) is 2.66. The maximum Gasteiger partial charge on any atom is 0.0892 e. The zero-order chi connectivity index (χ0) is 15.8. The molecule has 1 unspecified atom stereocenters. The molecule has 2 heteroatoms. The van der Waals surface area contributed by atoms with E-state index in [4.69, 9.17) is 9.47 Å². The van der Waals surface area contributed by atoms with Gasteiger partial charge in [0.2, 0.25) is 0 Å². The summed E-state index contributed by atoms with van der Waals surface area (Å²) in [6.07, 6.45) is 8.69. The first-order chi connectivity index (χ1) is 10.6. The zero-order valence-electron chi connectivity index (χ0n) is 14.3. The normalized spacial score (nSPS) is 20.1. The van der Waals surface area contributed by atoms with Gasteiger partial charge in [-0.25, -0.2) is 0 Å². The molecule has 1 atom stereocenters. The summed E-state index contributed by atoms with van der Waals surface area (Å²) in [5, 5.41) is 0. The highest BCUT2D eigenvalue weighted by atomic mass is 16.6. The number of benzene rings is 1. The molecule has 1 aliphatic heterocycles. The van der Waals surface area contributed by atoms with Crippen LogP contribution in [0.2, 0.25) is 0 Å². The Balaban J connectivity index is 1.45. The van der Waals surface area contributed by atoms with E-state index in [1.807, 2.05) is 6.07 Å². The summed E-state index contributed by atoms with van der Waals surface area (Å²) < 4.78 is 11.3. The van der Waals surface area contributed by atoms with Crippen LogP contribution in [0.5, 0.6) is 0 Å². The molecule has 1 saturated heterocycles. The van der Waals surface area contributed by atoms with Crippen LogP contribution < -0.4 is 0 Å². The molecule has 2 nitrogen and oxygen atoms in total. The largest absolute Gasteiger partial charge is 0.377 e. The molecule has 0 saturated carbocycles. The first-order valence-electron chi connectivity index (χ1n) is 8.53. The van der Waals surface area contributed by atoms with Gasteiger partial charge in [-0.1, -0.05) is 42.0 Å². The average Bonchev–Trinajstić information content (AvgIpc) is 3.12. The Bertz CT molecular complexity index is 462. The van der Waals surface area contributed by atoms with Gasteiger partial charge in [-0.2, -0.15) is 0 Å². The van der Waals surface area contributed by atoms with Crippen LogP contribution in [0.15, 0.2) is 42.0 Å². The molecule has 0 N–H and O–H groups in total. The third-order valence-corrected chi connectivity index (χ3v) is 4.31. The van der Waals surface area contributed by atoms with Crippen LogP contribution in [0, 0.1) is 0 Å². The van der Waals surface area contributed by atoms with E-state index in [1.165, 1.54) is 24.0 Å². The molecule has 122 valence electrons. The van der Waals surface area contributed by atoms with Crippen molar-refractivity contribution in [2.24, 2.45) is 0 Å². The SMILES string of the molecule is C/C(=C\CCCCOCc1ccccc1)CCC1OC1(C)C. The second-order valence-corrected chi connectivity index (χ2v) is 6.83. The van der Waals surface area contributed by atoms with E-state index >= 15 is 0 Å². The first kappa shape index (κ1) is 17.2. The molecule has 1 heterocycles. The standard InChI is InChI=1S/C20H30O2/c1-17(13-14-19-20(2,3)22-19)10-6-5-9-15-21-16-18-11-7-4-8-12-18/h4,7-8,10-12,19H,5-6,9,13-16H2,1-3H3/b17-10+. The van der Waals surface area contributed by atoms with Gasteiger partial charge in [-0.15, -0.1) is 0 Å². The molecule has 0 radical (unpaired) electrons. The van der Waals surface area contributed by atoms with Crippen molar-refractivity contribution in [3.05, 3.63) is 47.5 Å². The highest BCUT2D eigenvalue weighted by Gasteiger charge is 2.46. The van der Waals surface area contributed by atoms with Crippen LogP contribution in [0.3, 0.4) is 0 Å². The van der Waals surface area contributed by atoms with Gasteiger partial charge in [0.15, 0.2) is 0 Å². The summed E-state index contributed by atoms with van der Waals surface area (Å²) in [6, 6.07) is 10.4. The van der Waals surface area contributed by atoms with E-state index in [-0.39, 0.29) is 5.60 Å². The summed E-state index contributed by atoms with van der Waals surface area (Å²) in [7, 11) is 0. The topological polar surface area (TPSA) is 21.8 Å². The van der Waals surface area contributed by atoms with Crippen molar-refractivity contribution in [1.82, 2.24) is 0 Å². The molecule has 0 aliphatic carbocycles. The Kier molecular flexibility index (Phi) is 6.66. The summed E-state index contributed by atoms with van der Waals surface area (Å²) in [5.41, 5.74) is 2.89. The number of unbranched alkanes of at least 4 members (excludes halogenated alkanes) is 2. The lowest BCUT2D eigenvalue weighted by Crippen LogP contribution is -2.02. The molecule has 1 fully saturated rings. The second-order valence-electron chi connectivity index (χ2n) is 6.83. The number of hydrogen-bond acceptors (Lipinski definition) is 2. The second kappa shape index (κ2) is 8.50. The zero-order valence-corrected chi connectivity index (χ0v) is 14.3. The number of hydrogen-bond donors (Lipinski definition) is 0. The van der Waals surface area contributed by atoms with E-state index in [9.17, 15) is 0 Å². The van der Waals surface area contributed by atoms with Gasteiger partial charge in [-0.3, -0.25) is 0 Å². The first-order valence-corrected chi connectivity index (χ1v) is 8.53. The van der Waals surface area contributed by atoms with Crippen molar-refractivity contribution in [2.45, 2.75) is 71.2 Å². The fraction of sp³-hybridized carbons (Fsp3) is 0.600. The Hall–Kier alpha value is -1.12. The lowest BCUT2D eigenvalue weighted by molar-refractivity contribution is 0.117. The van der Waals surface area contributed by atoms with Crippen molar-refractivity contribution in [3.63, 3.8) is 0 Å².